The van der Waals surface area contributed by atoms with E-state index in [9.17, 15) is 4.79 Å². The molecule has 2 rings (SSSR count). The molecule has 0 heterocycles. The van der Waals surface area contributed by atoms with Crippen LogP contribution in [0.5, 0.6) is 17.2 Å². The van der Waals surface area contributed by atoms with Gasteiger partial charge in [-0.05, 0) is 61.1 Å². The molecule has 7 nitrogen and oxygen atoms in total. The summed E-state index contributed by atoms with van der Waals surface area (Å²) in [6.07, 6.45) is 0. The van der Waals surface area contributed by atoms with Gasteiger partial charge in [0.25, 0.3) is 5.91 Å². The molecule has 0 saturated carbocycles. The maximum atomic E-state index is 11.8. The summed E-state index contributed by atoms with van der Waals surface area (Å²) < 4.78 is 15.9. The van der Waals surface area contributed by atoms with Crippen LogP contribution in [0.2, 0.25) is 0 Å². The minimum atomic E-state index is -0.350. The first kappa shape index (κ1) is 20.3. The number of hydrogen-bond acceptors (Lipinski definition) is 5. The summed E-state index contributed by atoms with van der Waals surface area (Å²) in [5.41, 5.74) is 6.14. The molecule has 0 spiro atoms. The van der Waals surface area contributed by atoms with Gasteiger partial charge < -0.3 is 19.5 Å². The van der Waals surface area contributed by atoms with Gasteiger partial charge >= 0.3 is 0 Å². The molecule has 0 aromatic heterocycles. The first-order chi connectivity index (χ1) is 13.1. The van der Waals surface area contributed by atoms with Gasteiger partial charge in [-0.25, -0.2) is 0 Å². The van der Waals surface area contributed by atoms with Crippen molar-refractivity contribution in [3.8, 4) is 17.2 Å². The van der Waals surface area contributed by atoms with Crippen molar-refractivity contribution in [3.63, 3.8) is 0 Å². The summed E-state index contributed by atoms with van der Waals surface area (Å²) in [6, 6.07) is 14.6. The highest BCUT2D eigenvalue weighted by molar-refractivity contribution is 7.80. The van der Waals surface area contributed by atoms with Crippen molar-refractivity contribution in [1.82, 2.24) is 16.2 Å². The zero-order valence-corrected chi connectivity index (χ0v) is 16.1. The molecule has 3 N–H and O–H groups in total. The second-order valence-electron chi connectivity index (χ2n) is 5.40. The first-order valence-corrected chi connectivity index (χ1v) is 8.82. The fourth-order valence-corrected chi connectivity index (χ4v) is 2.20. The van der Waals surface area contributed by atoms with Crippen molar-refractivity contribution in [2.24, 2.45) is 0 Å². The third-order valence-electron chi connectivity index (χ3n) is 3.43. The van der Waals surface area contributed by atoms with Gasteiger partial charge in [0.2, 0.25) is 0 Å². The lowest BCUT2D eigenvalue weighted by Crippen LogP contribution is -2.48. The van der Waals surface area contributed by atoms with Gasteiger partial charge in [0.15, 0.2) is 11.7 Å². The molecule has 0 radical (unpaired) electrons. The second kappa shape index (κ2) is 10.9. The predicted octanol–water partition coefficient (Wildman–Crippen LogP) is 2.17. The summed E-state index contributed by atoms with van der Waals surface area (Å²) in [6.45, 7) is 2.90. The number of carbonyl (C=O) groups excluding carboxylic acids is 1. The Morgan fingerprint density at radius 2 is 1.52 bits per heavy atom. The highest BCUT2D eigenvalue weighted by Crippen LogP contribution is 2.17. The Bertz CT molecular complexity index is 736. The Morgan fingerprint density at radius 3 is 2.11 bits per heavy atom. The van der Waals surface area contributed by atoms with Crippen molar-refractivity contribution >= 4 is 23.2 Å². The third-order valence-corrected chi connectivity index (χ3v) is 3.68. The lowest BCUT2D eigenvalue weighted by Gasteiger charge is -2.12. The van der Waals surface area contributed by atoms with Crippen molar-refractivity contribution in [3.05, 3.63) is 54.1 Å². The van der Waals surface area contributed by atoms with Crippen molar-refractivity contribution in [1.29, 1.82) is 0 Å². The number of benzene rings is 2. The molecule has 0 aliphatic heterocycles. The number of carbonyl (C=O) groups is 1. The smallest absolute Gasteiger partial charge is 0.276 e. The fraction of sp³-hybridized carbons (Fsp3) is 0.263. The van der Waals surface area contributed by atoms with Gasteiger partial charge in [0, 0.05) is 6.54 Å². The van der Waals surface area contributed by atoms with Gasteiger partial charge in [-0.3, -0.25) is 15.6 Å². The Labute approximate surface area is 164 Å². The highest BCUT2D eigenvalue weighted by Gasteiger charge is 2.04. The Kier molecular flexibility index (Phi) is 8.18. The van der Waals surface area contributed by atoms with E-state index < -0.39 is 0 Å². The quantitative estimate of drug-likeness (QED) is 0.472. The number of thiocarbonyl (C=S) groups is 1. The van der Waals surface area contributed by atoms with E-state index in [1.165, 1.54) is 0 Å². The van der Waals surface area contributed by atoms with E-state index in [0.29, 0.717) is 24.0 Å². The molecule has 1 amide bonds. The number of hydrogen-bond donors (Lipinski definition) is 3. The average Bonchev–Trinajstić information content (AvgIpc) is 2.70. The van der Waals surface area contributed by atoms with E-state index in [1.54, 1.807) is 31.4 Å². The van der Waals surface area contributed by atoms with E-state index >= 15 is 0 Å². The number of nitrogens with one attached hydrogen (secondary N) is 3. The summed E-state index contributed by atoms with van der Waals surface area (Å²) >= 11 is 5.12. The molecule has 27 heavy (non-hydrogen) atoms. The van der Waals surface area contributed by atoms with Gasteiger partial charge in [0.1, 0.15) is 17.2 Å². The monoisotopic (exact) mass is 389 g/mol. The van der Waals surface area contributed by atoms with E-state index in [0.717, 1.165) is 17.1 Å². The van der Waals surface area contributed by atoms with Crippen LogP contribution in [0, 0.1) is 0 Å². The Balaban J connectivity index is 1.64. The molecule has 2 aromatic carbocycles. The van der Waals surface area contributed by atoms with E-state index in [-0.39, 0.29) is 12.5 Å². The normalized spacial score (nSPS) is 9.85. The summed E-state index contributed by atoms with van der Waals surface area (Å²) in [5.74, 6) is 1.77. The zero-order valence-electron chi connectivity index (χ0n) is 15.3. The standard InChI is InChI=1S/C19H23N3O4S/c1-3-25-16-8-10-17(11-9-16)26-13-18(23)21-22-19(27)20-12-14-4-6-15(24-2)7-5-14/h4-11H,3,12-13H2,1-2H3,(H,21,23)(H2,20,22,27). The van der Waals surface area contributed by atoms with Crippen LogP contribution in [0.15, 0.2) is 48.5 Å². The molecule has 0 saturated heterocycles. The molecule has 8 heteroatoms. The topological polar surface area (TPSA) is 80.9 Å². The van der Waals surface area contributed by atoms with Crippen LogP contribution in [0.25, 0.3) is 0 Å². The molecule has 0 unspecified atom stereocenters. The first-order valence-electron chi connectivity index (χ1n) is 8.42. The van der Waals surface area contributed by atoms with E-state index in [4.69, 9.17) is 26.4 Å². The van der Waals surface area contributed by atoms with Gasteiger partial charge in [-0.2, -0.15) is 0 Å². The van der Waals surface area contributed by atoms with Crippen LogP contribution in [-0.4, -0.2) is 31.3 Å². The molecule has 0 fully saturated rings. The van der Waals surface area contributed by atoms with Gasteiger partial charge in [0.05, 0.1) is 13.7 Å². The molecular weight excluding hydrogens is 366 g/mol. The number of amides is 1. The zero-order chi connectivity index (χ0) is 19.5. The third kappa shape index (κ3) is 7.41. The van der Waals surface area contributed by atoms with E-state index in [2.05, 4.69) is 16.2 Å². The lowest BCUT2D eigenvalue weighted by molar-refractivity contribution is -0.123. The van der Waals surface area contributed by atoms with Crippen molar-refractivity contribution in [2.75, 3.05) is 20.3 Å². The molecule has 0 bridgehead atoms. The van der Waals surface area contributed by atoms with E-state index in [1.807, 2.05) is 31.2 Å². The predicted molar refractivity (Wildman–Crippen MR) is 107 cm³/mol. The van der Waals surface area contributed by atoms with Gasteiger partial charge in [-0.15, -0.1) is 0 Å². The molecule has 0 atom stereocenters. The summed E-state index contributed by atoms with van der Waals surface area (Å²) in [5, 5.41) is 3.30. The average molecular weight is 389 g/mol. The molecule has 0 aliphatic carbocycles. The summed E-state index contributed by atoms with van der Waals surface area (Å²) in [7, 11) is 1.62. The van der Waals surface area contributed by atoms with Crippen LogP contribution < -0.4 is 30.4 Å². The van der Waals surface area contributed by atoms with Gasteiger partial charge in [-0.1, -0.05) is 12.1 Å². The van der Waals surface area contributed by atoms with Crippen LogP contribution in [-0.2, 0) is 11.3 Å². The highest BCUT2D eigenvalue weighted by atomic mass is 32.1. The van der Waals surface area contributed by atoms with Crippen molar-refractivity contribution in [2.45, 2.75) is 13.5 Å². The summed E-state index contributed by atoms with van der Waals surface area (Å²) in [4.78, 5) is 11.8. The minimum absolute atomic E-state index is 0.137. The molecule has 0 aliphatic rings. The molecule has 2 aromatic rings. The fourth-order valence-electron chi connectivity index (χ4n) is 2.08. The van der Waals surface area contributed by atoms with Crippen LogP contribution >= 0.6 is 12.2 Å². The van der Waals surface area contributed by atoms with Crippen LogP contribution in [0.1, 0.15) is 12.5 Å². The molecular formula is C19H23N3O4S. The number of ether oxygens (including phenoxy) is 3. The minimum Gasteiger partial charge on any atom is -0.497 e. The maximum absolute atomic E-state index is 11.8. The SMILES string of the molecule is CCOc1ccc(OCC(=O)NNC(=S)NCc2ccc(OC)cc2)cc1. The second-order valence-corrected chi connectivity index (χ2v) is 5.81. The maximum Gasteiger partial charge on any atom is 0.276 e. The molecule has 144 valence electrons. The van der Waals surface area contributed by atoms with Crippen LogP contribution in [0.3, 0.4) is 0 Å². The lowest BCUT2D eigenvalue weighted by atomic mass is 10.2. The Morgan fingerprint density at radius 1 is 0.926 bits per heavy atom. The van der Waals surface area contributed by atoms with Crippen LogP contribution in [0.4, 0.5) is 0 Å². The van der Waals surface area contributed by atoms with Crippen molar-refractivity contribution < 1.29 is 19.0 Å². The Hall–Kier alpha value is -3.00. The number of rotatable bonds is 8. The number of methoxy groups -OCH3 is 1. The number of hydrazine groups is 1. The largest absolute Gasteiger partial charge is 0.497 e.